The van der Waals surface area contributed by atoms with E-state index < -0.39 is 18.2 Å². The van der Waals surface area contributed by atoms with Gasteiger partial charge in [0.05, 0.1) is 12.5 Å². The van der Waals surface area contributed by atoms with Gasteiger partial charge in [0.1, 0.15) is 6.61 Å². The lowest BCUT2D eigenvalue weighted by Gasteiger charge is -2.22. The highest BCUT2D eigenvalue weighted by atomic mass is 16.5. The minimum Gasteiger partial charge on any atom is -0.481 e. The Morgan fingerprint density at radius 1 is 1.06 bits per heavy atom. The Labute approximate surface area is 199 Å². The fraction of sp³-hybridized carbons (Fsp3) is 0.423. The van der Waals surface area contributed by atoms with Crippen LogP contribution in [0.1, 0.15) is 43.2 Å². The third-order valence-electron chi connectivity index (χ3n) is 5.93. The Morgan fingerprint density at radius 2 is 1.68 bits per heavy atom. The van der Waals surface area contributed by atoms with Crippen LogP contribution in [0.4, 0.5) is 4.79 Å². The van der Waals surface area contributed by atoms with Crippen molar-refractivity contribution in [2.45, 2.75) is 38.2 Å². The Morgan fingerprint density at radius 3 is 2.26 bits per heavy atom. The summed E-state index contributed by atoms with van der Waals surface area (Å²) in [7, 11) is 1.63. The molecule has 8 nitrogen and oxygen atoms in total. The lowest BCUT2D eigenvalue weighted by Crippen LogP contribution is -2.39. The predicted molar refractivity (Wildman–Crippen MR) is 128 cm³/mol. The lowest BCUT2D eigenvalue weighted by molar-refractivity contribution is -0.138. The molecule has 2 N–H and O–H groups in total. The van der Waals surface area contributed by atoms with Gasteiger partial charge in [-0.1, -0.05) is 48.5 Å². The third-order valence-corrected chi connectivity index (χ3v) is 5.93. The van der Waals surface area contributed by atoms with Gasteiger partial charge in [-0.2, -0.15) is 0 Å². The van der Waals surface area contributed by atoms with Crippen LogP contribution in [0.25, 0.3) is 11.1 Å². The van der Waals surface area contributed by atoms with Crippen LogP contribution < -0.4 is 5.32 Å². The summed E-state index contributed by atoms with van der Waals surface area (Å²) in [5.41, 5.74) is 4.60. The molecule has 0 fully saturated rings. The van der Waals surface area contributed by atoms with Crippen molar-refractivity contribution in [3.63, 3.8) is 0 Å². The fourth-order valence-electron chi connectivity index (χ4n) is 4.22. The van der Waals surface area contributed by atoms with Crippen LogP contribution in [0.15, 0.2) is 48.5 Å². The van der Waals surface area contributed by atoms with Gasteiger partial charge >= 0.3 is 12.1 Å². The summed E-state index contributed by atoms with van der Waals surface area (Å²) in [6, 6.07) is 16.3. The summed E-state index contributed by atoms with van der Waals surface area (Å²) in [6.45, 7) is 2.92. The largest absolute Gasteiger partial charge is 0.481 e. The normalized spacial score (nSPS) is 13.0. The van der Waals surface area contributed by atoms with E-state index in [0.717, 1.165) is 22.3 Å². The number of carboxylic acids is 1. The zero-order valence-electron chi connectivity index (χ0n) is 19.7. The van der Waals surface area contributed by atoms with Crippen molar-refractivity contribution in [1.29, 1.82) is 0 Å². The number of amides is 2. The lowest BCUT2D eigenvalue weighted by atomic mass is 9.98. The molecule has 0 saturated heterocycles. The first kappa shape index (κ1) is 25.2. The number of carboxylic acid groups (broad SMARTS) is 1. The van der Waals surface area contributed by atoms with Crippen molar-refractivity contribution < 1.29 is 29.0 Å². The van der Waals surface area contributed by atoms with E-state index in [1.165, 1.54) is 4.90 Å². The Bertz CT molecular complexity index is 963. The third kappa shape index (κ3) is 6.57. The quantitative estimate of drug-likeness (QED) is 0.493. The van der Waals surface area contributed by atoms with Crippen LogP contribution in [-0.4, -0.2) is 67.4 Å². The molecule has 2 amide bonds. The molecule has 0 aromatic heterocycles. The van der Waals surface area contributed by atoms with Gasteiger partial charge in [-0.15, -0.1) is 0 Å². The van der Waals surface area contributed by atoms with Gasteiger partial charge in [-0.3, -0.25) is 9.59 Å². The minimum absolute atomic E-state index is 0.00977. The standard InChI is InChI=1S/C26H32N2O6/c1-3-33-18(15-24(29)28(2)14-8-13-25(30)31)16-27-26(32)34-17-23-21-11-6-4-9-19(21)20-10-5-7-12-22(20)23/h4-7,9-12,18,23H,3,8,13-17H2,1-2H3,(H,27,32)(H,30,31). The van der Waals surface area contributed by atoms with Crippen molar-refractivity contribution >= 4 is 18.0 Å². The molecule has 1 unspecified atom stereocenters. The van der Waals surface area contributed by atoms with Crippen LogP contribution >= 0.6 is 0 Å². The number of carbonyl (C=O) groups excluding carboxylic acids is 2. The summed E-state index contributed by atoms with van der Waals surface area (Å²) < 4.78 is 11.2. The summed E-state index contributed by atoms with van der Waals surface area (Å²) in [6.07, 6.45) is -0.583. The number of rotatable bonds is 12. The van der Waals surface area contributed by atoms with Crippen molar-refractivity contribution in [3.05, 3.63) is 59.7 Å². The van der Waals surface area contributed by atoms with Gasteiger partial charge in [-0.05, 0) is 35.6 Å². The van der Waals surface area contributed by atoms with Crippen LogP contribution in [0.2, 0.25) is 0 Å². The zero-order valence-corrected chi connectivity index (χ0v) is 19.7. The molecule has 0 radical (unpaired) electrons. The van der Waals surface area contributed by atoms with Gasteiger partial charge in [0, 0.05) is 39.1 Å². The maximum atomic E-state index is 12.4. The highest BCUT2D eigenvalue weighted by molar-refractivity contribution is 5.79. The molecule has 0 saturated carbocycles. The first-order valence-electron chi connectivity index (χ1n) is 11.6. The van der Waals surface area contributed by atoms with E-state index >= 15 is 0 Å². The summed E-state index contributed by atoms with van der Waals surface area (Å²) >= 11 is 0. The number of benzene rings is 2. The van der Waals surface area contributed by atoms with E-state index in [4.69, 9.17) is 14.6 Å². The van der Waals surface area contributed by atoms with Crippen molar-refractivity contribution in [2.75, 3.05) is 33.4 Å². The molecule has 182 valence electrons. The minimum atomic E-state index is -0.889. The summed E-state index contributed by atoms with van der Waals surface area (Å²) in [5.74, 6) is -1.08. The molecule has 8 heteroatoms. The maximum Gasteiger partial charge on any atom is 0.407 e. The number of nitrogens with zero attached hydrogens (tertiary/aromatic N) is 1. The highest BCUT2D eigenvalue weighted by Crippen LogP contribution is 2.44. The summed E-state index contributed by atoms with van der Waals surface area (Å²) in [4.78, 5) is 37.0. The van der Waals surface area contributed by atoms with E-state index in [-0.39, 0.29) is 37.8 Å². The van der Waals surface area contributed by atoms with Gasteiger partial charge in [0.2, 0.25) is 5.91 Å². The number of hydrogen-bond donors (Lipinski definition) is 2. The second-order valence-corrected chi connectivity index (χ2v) is 8.30. The Kier molecular flexibility index (Phi) is 9.04. The number of aliphatic carboxylic acids is 1. The SMILES string of the molecule is CCOC(CNC(=O)OCC1c2ccccc2-c2ccccc21)CC(=O)N(C)CCCC(=O)O. The first-order valence-corrected chi connectivity index (χ1v) is 11.6. The monoisotopic (exact) mass is 468 g/mol. The zero-order chi connectivity index (χ0) is 24.5. The highest BCUT2D eigenvalue weighted by Gasteiger charge is 2.29. The van der Waals surface area contributed by atoms with E-state index in [1.54, 1.807) is 7.05 Å². The predicted octanol–water partition coefficient (Wildman–Crippen LogP) is 3.64. The van der Waals surface area contributed by atoms with Gasteiger partial charge < -0.3 is 24.8 Å². The second kappa shape index (κ2) is 12.2. The number of fused-ring (bicyclic) bond motifs is 3. The van der Waals surface area contributed by atoms with Crippen molar-refractivity contribution in [3.8, 4) is 11.1 Å². The number of ether oxygens (including phenoxy) is 2. The van der Waals surface area contributed by atoms with E-state index in [9.17, 15) is 14.4 Å². The molecule has 1 aliphatic carbocycles. The van der Waals surface area contributed by atoms with Crippen LogP contribution in [0, 0.1) is 0 Å². The molecule has 0 bridgehead atoms. The molecule has 2 aromatic carbocycles. The van der Waals surface area contributed by atoms with Crippen molar-refractivity contribution in [2.24, 2.45) is 0 Å². The molecule has 2 aromatic rings. The molecule has 1 atom stereocenters. The molecule has 0 heterocycles. The number of carbonyl (C=O) groups is 3. The second-order valence-electron chi connectivity index (χ2n) is 8.30. The van der Waals surface area contributed by atoms with Gasteiger partial charge in [-0.25, -0.2) is 4.79 Å². The Hall–Kier alpha value is -3.39. The average molecular weight is 469 g/mol. The van der Waals surface area contributed by atoms with Crippen LogP contribution in [0.5, 0.6) is 0 Å². The van der Waals surface area contributed by atoms with Crippen LogP contribution in [0.3, 0.4) is 0 Å². The molecule has 3 rings (SSSR count). The van der Waals surface area contributed by atoms with E-state index in [2.05, 4.69) is 29.6 Å². The molecular weight excluding hydrogens is 436 g/mol. The van der Waals surface area contributed by atoms with Crippen molar-refractivity contribution in [1.82, 2.24) is 10.2 Å². The molecule has 0 aliphatic heterocycles. The summed E-state index contributed by atoms with van der Waals surface area (Å²) in [5, 5.41) is 11.4. The molecular formula is C26H32N2O6. The smallest absolute Gasteiger partial charge is 0.407 e. The maximum absolute atomic E-state index is 12.4. The number of hydrogen-bond acceptors (Lipinski definition) is 5. The van der Waals surface area contributed by atoms with E-state index in [0.29, 0.717) is 19.6 Å². The first-order chi connectivity index (χ1) is 16.4. The van der Waals surface area contributed by atoms with Crippen LogP contribution in [-0.2, 0) is 19.1 Å². The number of nitrogens with one attached hydrogen (secondary N) is 1. The average Bonchev–Trinajstić information content (AvgIpc) is 3.14. The molecule has 0 spiro atoms. The number of alkyl carbamates (subject to hydrolysis) is 1. The molecule has 1 aliphatic rings. The molecule has 34 heavy (non-hydrogen) atoms. The topological polar surface area (TPSA) is 105 Å². The fourth-order valence-corrected chi connectivity index (χ4v) is 4.22. The van der Waals surface area contributed by atoms with E-state index in [1.807, 2.05) is 31.2 Å². The van der Waals surface area contributed by atoms with Gasteiger partial charge in [0.15, 0.2) is 0 Å². The van der Waals surface area contributed by atoms with Gasteiger partial charge in [0.25, 0.3) is 0 Å². The Balaban J connectivity index is 1.49.